The van der Waals surface area contributed by atoms with Crippen LogP contribution in [-0.2, 0) is 11.3 Å². The molecule has 3 N–H and O–H groups in total. The van der Waals surface area contributed by atoms with E-state index in [4.69, 9.17) is 9.47 Å². The third kappa shape index (κ3) is 4.23. The Labute approximate surface area is 139 Å². The van der Waals surface area contributed by atoms with Gasteiger partial charge in [0.2, 0.25) is 0 Å². The van der Waals surface area contributed by atoms with Crippen molar-refractivity contribution in [2.75, 3.05) is 14.2 Å². The van der Waals surface area contributed by atoms with E-state index in [0.29, 0.717) is 11.5 Å². The van der Waals surface area contributed by atoms with Crippen molar-refractivity contribution in [3.63, 3.8) is 0 Å². The van der Waals surface area contributed by atoms with E-state index in [9.17, 15) is 14.7 Å². The quantitative estimate of drug-likeness (QED) is 0.403. The largest absolute Gasteiger partial charge is 0.504 e. The molecule has 0 fully saturated rings. The second-order valence-corrected chi connectivity index (χ2v) is 4.87. The molecule has 7 nitrogen and oxygen atoms in total. The fourth-order valence-electron chi connectivity index (χ4n) is 1.99. The molecular formula is C17H18N2O5. The van der Waals surface area contributed by atoms with Gasteiger partial charge in [0.15, 0.2) is 11.5 Å². The third-order valence-corrected chi connectivity index (χ3v) is 3.30. The number of ketones is 1. The van der Waals surface area contributed by atoms with Gasteiger partial charge in [0.25, 0.3) is 5.78 Å². The van der Waals surface area contributed by atoms with E-state index in [1.165, 1.54) is 32.4 Å². The molecule has 0 aromatic heterocycles. The molecular weight excluding hydrogens is 312 g/mol. The van der Waals surface area contributed by atoms with Crippen molar-refractivity contribution in [2.45, 2.75) is 6.54 Å². The Hall–Kier alpha value is -3.06. The number of aromatic hydroxyl groups is 1. The van der Waals surface area contributed by atoms with E-state index in [0.717, 1.165) is 5.56 Å². The Morgan fingerprint density at radius 1 is 1.04 bits per heavy atom. The van der Waals surface area contributed by atoms with Crippen molar-refractivity contribution in [2.24, 2.45) is 0 Å². The highest BCUT2D eigenvalue weighted by Crippen LogP contribution is 2.25. The smallest absolute Gasteiger partial charge is 0.306 e. The van der Waals surface area contributed by atoms with E-state index in [2.05, 4.69) is 10.9 Å². The highest BCUT2D eigenvalue weighted by molar-refractivity contribution is 6.42. The van der Waals surface area contributed by atoms with Gasteiger partial charge in [-0.1, -0.05) is 6.07 Å². The minimum absolute atomic E-state index is 0.0277. The van der Waals surface area contributed by atoms with Gasteiger partial charge < -0.3 is 14.6 Å². The molecule has 0 aliphatic heterocycles. The molecule has 24 heavy (non-hydrogen) atoms. The van der Waals surface area contributed by atoms with Crippen LogP contribution in [0.1, 0.15) is 15.9 Å². The summed E-state index contributed by atoms with van der Waals surface area (Å²) >= 11 is 0. The summed E-state index contributed by atoms with van der Waals surface area (Å²) in [6.45, 7) is 0.262. The fourth-order valence-corrected chi connectivity index (χ4v) is 1.99. The molecule has 1 amide bonds. The molecule has 0 radical (unpaired) electrons. The van der Waals surface area contributed by atoms with Gasteiger partial charge in [-0.3, -0.25) is 15.0 Å². The van der Waals surface area contributed by atoms with Gasteiger partial charge >= 0.3 is 5.91 Å². The van der Waals surface area contributed by atoms with Crippen LogP contribution in [0.25, 0.3) is 0 Å². The van der Waals surface area contributed by atoms with Gasteiger partial charge in [-0.05, 0) is 42.0 Å². The number of benzene rings is 2. The van der Waals surface area contributed by atoms with E-state index in [1.54, 1.807) is 24.3 Å². The first-order chi connectivity index (χ1) is 11.5. The van der Waals surface area contributed by atoms with Gasteiger partial charge in [-0.2, -0.15) is 0 Å². The fraction of sp³-hybridized carbons (Fsp3) is 0.176. The summed E-state index contributed by atoms with van der Waals surface area (Å²) in [5.74, 6) is -0.472. The van der Waals surface area contributed by atoms with E-state index in [1.807, 2.05) is 0 Å². The van der Waals surface area contributed by atoms with Crippen molar-refractivity contribution in [1.82, 2.24) is 10.9 Å². The molecule has 0 unspecified atom stereocenters. The number of hydrogen-bond acceptors (Lipinski definition) is 6. The number of methoxy groups -OCH3 is 2. The van der Waals surface area contributed by atoms with Crippen LogP contribution in [0.15, 0.2) is 42.5 Å². The summed E-state index contributed by atoms with van der Waals surface area (Å²) in [7, 11) is 2.97. The lowest BCUT2D eigenvalue weighted by atomic mass is 10.1. The lowest BCUT2D eigenvalue weighted by molar-refractivity contribution is -0.117. The van der Waals surface area contributed by atoms with Gasteiger partial charge in [0, 0.05) is 12.1 Å². The summed E-state index contributed by atoms with van der Waals surface area (Å²) in [5, 5.41) is 9.52. The standard InChI is InChI=1S/C17H18N2O5/c1-23-13-6-4-12(5-7-13)16(21)17(22)19-18-10-11-3-8-14(20)15(9-11)24-2/h3-9,18,20H,10H2,1-2H3,(H,19,22). The highest BCUT2D eigenvalue weighted by atomic mass is 16.5. The SMILES string of the molecule is COc1ccc(C(=O)C(=O)NNCc2ccc(O)c(OC)c2)cc1. The first kappa shape index (κ1) is 17.3. The molecule has 2 aromatic carbocycles. The average molecular weight is 330 g/mol. The summed E-state index contributed by atoms with van der Waals surface area (Å²) in [6.07, 6.45) is 0. The zero-order valence-corrected chi connectivity index (χ0v) is 13.3. The van der Waals surface area contributed by atoms with Crippen LogP contribution in [0, 0.1) is 0 Å². The first-order valence-corrected chi connectivity index (χ1v) is 7.12. The predicted octanol–water partition coefficient (Wildman–Crippen LogP) is 1.41. The maximum absolute atomic E-state index is 12.0. The van der Waals surface area contributed by atoms with E-state index >= 15 is 0 Å². The van der Waals surface area contributed by atoms with Crippen molar-refractivity contribution < 1.29 is 24.2 Å². The topological polar surface area (TPSA) is 96.9 Å². The summed E-state index contributed by atoms with van der Waals surface area (Å²) < 4.78 is 10.00. The number of amides is 1. The van der Waals surface area contributed by atoms with Gasteiger partial charge in [-0.15, -0.1) is 0 Å². The lowest BCUT2D eigenvalue weighted by Crippen LogP contribution is -2.41. The molecule has 126 valence electrons. The average Bonchev–Trinajstić information content (AvgIpc) is 2.62. The minimum Gasteiger partial charge on any atom is -0.504 e. The maximum atomic E-state index is 12.0. The number of phenols is 1. The van der Waals surface area contributed by atoms with Crippen LogP contribution in [0.4, 0.5) is 0 Å². The van der Waals surface area contributed by atoms with Gasteiger partial charge in [0.05, 0.1) is 14.2 Å². The molecule has 0 spiro atoms. The van der Waals surface area contributed by atoms with Crippen molar-refractivity contribution in [3.05, 3.63) is 53.6 Å². The van der Waals surface area contributed by atoms with Gasteiger partial charge in [-0.25, -0.2) is 5.43 Å². The number of Topliss-reactive ketones (excluding diaryl/α,β-unsaturated/α-hetero) is 1. The second-order valence-electron chi connectivity index (χ2n) is 4.87. The molecule has 2 aromatic rings. The van der Waals surface area contributed by atoms with Gasteiger partial charge in [0.1, 0.15) is 5.75 Å². The molecule has 0 atom stereocenters. The lowest BCUT2D eigenvalue weighted by Gasteiger charge is -2.09. The van der Waals surface area contributed by atoms with Crippen molar-refractivity contribution in [3.8, 4) is 17.2 Å². The Morgan fingerprint density at radius 2 is 1.75 bits per heavy atom. The first-order valence-electron chi connectivity index (χ1n) is 7.12. The van der Waals surface area contributed by atoms with Crippen LogP contribution in [0.5, 0.6) is 17.2 Å². The highest BCUT2D eigenvalue weighted by Gasteiger charge is 2.15. The monoisotopic (exact) mass is 330 g/mol. The summed E-state index contributed by atoms with van der Waals surface area (Å²) in [5.41, 5.74) is 6.03. The molecule has 0 bridgehead atoms. The molecule has 0 saturated heterocycles. The number of hydrazine groups is 1. The van der Waals surface area contributed by atoms with Crippen LogP contribution in [0.2, 0.25) is 0 Å². The zero-order valence-electron chi connectivity index (χ0n) is 13.3. The Morgan fingerprint density at radius 3 is 2.38 bits per heavy atom. The van der Waals surface area contributed by atoms with E-state index in [-0.39, 0.29) is 17.9 Å². The Kier molecular flexibility index (Phi) is 5.75. The van der Waals surface area contributed by atoms with Crippen LogP contribution < -0.4 is 20.3 Å². The number of hydrogen-bond donors (Lipinski definition) is 3. The zero-order chi connectivity index (χ0) is 17.5. The third-order valence-electron chi connectivity index (χ3n) is 3.30. The molecule has 7 heteroatoms. The molecule has 2 rings (SSSR count). The molecule has 0 aliphatic carbocycles. The summed E-state index contributed by atoms with van der Waals surface area (Å²) in [4.78, 5) is 23.8. The molecule has 0 aliphatic rings. The van der Waals surface area contributed by atoms with Crippen LogP contribution >= 0.6 is 0 Å². The van der Waals surface area contributed by atoms with Crippen LogP contribution in [-0.4, -0.2) is 31.0 Å². The number of carbonyl (C=O) groups is 2. The molecule has 0 saturated carbocycles. The number of nitrogens with one attached hydrogen (secondary N) is 2. The minimum atomic E-state index is -0.772. The second kappa shape index (κ2) is 7.98. The number of phenolic OH excluding ortho intramolecular Hbond substituents is 1. The van der Waals surface area contributed by atoms with Crippen molar-refractivity contribution >= 4 is 11.7 Å². The predicted molar refractivity (Wildman–Crippen MR) is 87.0 cm³/mol. The molecule has 0 heterocycles. The number of carbonyl (C=O) groups excluding carboxylic acids is 2. The van der Waals surface area contributed by atoms with E-state index < -0.39 is 11.7 Å². The maximum Gasteiger partial charge on any atom is 0.306 e. The normalized spacial score (nSPS) is 10.1. The van der Waals surface area contributed by atoms with Crippen molar-refractivity contribution in [1.29, 1.82) is 0 Å². The number of ether oxygens (including phenoxy) is 2. The number of rotatable bonds is 7. The summed E-state index contributed by atoms with van der Waals surface area (Å²) in [6, 6.07) is 11.0. The Bertz CT molecular complexity index is 728. The van der Waals surface area contributed by atoms with Crippen LogP contribution in [0.3, 0.4) is 0 Å². The Balaban J connectivity index is 1.89.